The smallest absolute Gasteiger partial charge is 0.407 e. The molecule has 1 aromatic heterocycles. The van der Waals surface area contributed by atoms with Crippen LogP contribution in [0.2, 0.25) is 0 Å². The lowest BCUT2D eigenvalue weighted by atomic mass is 9.69. The molecule has 1 saturated heterocycles. The van der Waals surface area contributed by atoms with Gasteiger partial charge in [0.15, 0.2) is 6.10 Å². The average Bonchev–Trinajstić information content (AvgIpc) is 3.74. The Balaban J connectivity index is 1.69. The van der Waals surface area contributed by atoms with E-state index in [1.165, 1.54) is 7.11 Å². The first-order valence-corrected chi connectivity index (χ1v) is 17.9. The van der Waals surface area contributed by atoms with Gasteiger partial charge in [0.2, 0.25) is 0 Å². The van der Waals surface area contributed by atoms with Gasteiger partial charge in [-0.1, -0.05) is 45.9 Å². The minimum atomic E-state index is -0.919. The summed E-state index contributed by atoms with van der Waals surface area (Å²) in [5.41, 5.74) is 0.330. The van der Waals surface area contributed by atoms with Crippen LogP contribution in [-0.2, 0) is 33.2 Å². The van der Waals surface area contributed by atoms with Gasteiger partial charge in [-0.15, -0.1) is 0 Å². The number of hydrogen-bond acceptors (Lipinski definition) is 10. The summed E-state index contributed by atoms with van der Waals surface area (Å²) in [6.07, 6.45) is 4.49. The number of carbonyl (C=O) groups is 4. The SMILES string of the molecule is CCCNC(=O)O[C@@H](C)[C@@H](C)[C@@H](OC(=O)c1ccc[nH]1)[C@@H]1O[C@]23C[C@H]1C=C[C@@H]2C[C@H](OC)C(=O)O[C@H]([C@@H](C)OC(=O)NCCC)[C@H](C)/C=C/3C. The van der Waals surface area contributed by atoms with Gasteiger partial charge in [0, 0.05) is 50.1 Å². The van der Waals surface area contributed by atoms with E-state index in [0.717, 1.165) is 18.4 Å². The van der Waals surface area contributed by atoms with Gasteiger partial charge in [0.25, 0.3) is 0 Å². The van der Waals surface area contributed by atoms with Crippen LogP contribution in [0, 0.1) is 23.7 Å². The van der Waals surface area contributed by atoms with E-state index in [-0.39, 0.29) is 24.2 Å². The molecule has 13 heteroatoms. The molecule has 0 aromatic carbocycles. The number of alkyl carbamates (subject to hydrolysis) is 2. The van der Waals surface area contributed by atoms with Crippen LogP contribution < -0.4 is 10.6 Å². The van der Waals surface area contributed by atoms with Crippen molar-refractivity contribution >= 4 is 24.1 Å². The molecular formula is C37H55N3O10. The van der Waals surface area contributed by atoms with Crippen LogP contribution in [0.25, 0.3) is 0 Å². The maximum Gasteiger partial charge on any atom is 0.407 e. The Labute approximate surface area is 295 Å². The highest BCUT2D eigenvalue weighted by molar-refractivity contribution is 5.87. The Morgan fingerprint density at radius 2 is 1.70 bits per heavy atom. The molecule has 0 saturated carbocycles. The first-order valence-electron chi connectivity index (χ1n) is 17.9. The van der Waals surface area contributed by atoms with Crippen molar-refractivity contribution in [1.29, 1.82) is 0 Å². The number of esters is 2. The van der Waals surface area contributed by atoms with Gasteiger partial charge in [0.05, 0.1) is 5.60 Å². The Morgan fingerprint density at radius 3 is 2.32 bits per heavy atom. The van der Waals surface area contributed by atoms with Gasteiger partial charge in [-0.05, 0) is 64.2 Å². The number of nitrogens with one attached hydrogen (secondary N) is 3. The topological polar surface area (TPSA) is 164 Å². The monoisotopic (exact) mass is 701 g/mol. The van der Waals surface area contributed by atoms with E-state index in [4.69, 9.17) is 28.4 Å². The number of H-pyrrole nitrogens is 1. The standard InChI is InChI=1S/C37H55N3O10/c1-9-15-39-35(43)46-24(6)23(5)31(49-33(41)28-12-11-17-38-28)32-26-13-14-27-19-29(45-8)34(42)48-30(25(7)47-36(44)40-16-10-2)21(3)18-22(4)37(27,20-26)50-32/h11-14,17-18,21,23-27,29-32,38H,9-10,15-16,19-20H2,1-8H3,(H,39,43)(H,40,44)/b22-18+/t21-,23-,24+,25-,26-,27-,29+,30+,31-,32-,37+/m1/s1. The number of aromatic nitrogens is 1. The second-order valence-electron chi connectivity index (χ2n) is 13.8. The number of rotatable bonds is 13. The normalized spacial score (nSPS) is 31.0. The Kier molecular flexibility index (Phi) is 13.5. The number of ether oxygens (including phenoxy) is 6. The molecule has 2 bridgehead atoms. The third-order valence-electron chi connectivity index (χ3n) is 10.2. The lowest BCUT2D eigenvalue weighted by Crippen LogP contribution is -2.48. The van der Waals surface area contributed by atoms with E-state index in [2.05, 4.69) is 27.8 Å². The van der Waals surface area contributed by atoms with Crippen LogP contribution in [-0.4, -0.2) is 91.5 Å². The van der Waals surface area contributed by atoms with Crippen molar-refractivity contribution in [2.75, 3.05) is 20.2 Å². The first kappa shape index (κ1) is 39.0. The van der Waals surface area contributed by atoms with Crippen molar-refractivity contribution in [3.05, 3.63) is 47.8 Å². The van der Waals surface area contributed by atoms with E-state index in [1.807, 2.05) is 40.7 Å². The van der Waals surface area contributed by atoms with Gasteiger partial charge in [-0.2, -0.15) is 0 Å². The minimum Gasteiger partial charge on any atom is -0.456 e. The van der Waals surface area contributed by atoms with Crippen molar-refractivity contribution in [2.24, 2.45) is 23.7 Å². The molecule has 1 fully saturated rings. The van der Waals surface area contributed by atoms with Crippen LogP contribution >= 0.6 is 0 Å². The molecule has 4 rings (SSSR count). The van der Waals surface area contributed by atoms with Crippen LogP contribution in [0.4, 0.5) is 9.59 Å². The molecule has 50 heavy (non-hydrogen) atoms. The second kappa shape index (κ2) is 17.4. The van der Waals surface area contributed by atoms with Crippen molar-refractivity contribution in [3.63, 3.8) is 0 Å². The summed E-state index contributed by atoms with van der Waals surface area (Å²) in [6.45, 7) is 14.1. The number of fused-ring (bicyclic) bond motifs is 1. The third-order valence-corrected chi connectivity index (χ3v) is 10.2. The predicted octanol–water partition coefficient (Wildman–Crippen LogP) is 5.47. The molecule has 3 heterocycles. The number of aromatic amines is 1. The number of carbonyl (C=O) groups excluding carboxylic acids is 4. The zero-order valence-electron chi connectivity index (χ0n) is 30.6. The number of cyclic esters (lactones) is 1. The van der Waals surface area contributed by atoms with E-state index in [0.29, 0.717) is 25.2 Å². The molecule has 13 nitrogen and oxygen atoms in total. The highest BCUT2D eigenvalue weighted by atomic mass is 16.6. The van der Waals surface area contributed by atoms with E-state index < -0.39 is 72.3 Å². The fourth-order valence-corrected chi connectivity index (χ4v) is 7.24. The highest BCUT2D eigenvalue weighted by Gasteiger charge is 2.58. The molecule has 11 atom stereocenters. The van der Waals surface area contributed by atoms with Gasteiger partial charge in [-0.25, -0.2) is 19.2 Å². The van der Waals surface area contributed by atoms with Crippen molar-refractivity contribution < 1.29 is 47.6 Å². The van der Waals surface area contributed by atoms with Crippen LogP contribution in [0.3, 0.4) is 0 Å². The maximum absolute atomic E-state index is 13.6. The molecule has 2 amide bonds. The molecule has 2 aliphatic heterocycles. The highest BCUT2D eigenvalue weighted by Crippen LogP contribution is 2.53. The molecule has 1 spiro atoms. The van der Waals surface area contributed by atoms with Crippen molar-refractivity contribution in [3.8, 4) is 0 Å². The van der Waals surface area contributed by atoms with Crippen LogP contribution in [0.1, 0.15) is 84.6 Å². The van der Waals surface area contributed by atoms with E-state index in [1.54, 1.807) is 32.2 Å². The number of methoxy groups -OCH3 is 1. The van der Waals surface area contributed by atoms with E-state index >= 15 is 0 Å². The van der Waals surface area contributed by atoms with Crippen LogP contribution in [0.15, 0.2) is 42.1 Å². The lowest BCUT2D eigenvalue weighted by Gasteiger charge is -2.42. The third kappa shape index (κ3) is 8.90. The predicted molar refractivity (Wildman–Crippen MR) is 184 cm³/mol. The lowest BCUT2D eigenvalue weighted by molar-refractivity contribution is -0.172. The second-order valence-corrected chi connectivity index (χ2v) is 13.8. The summed E-state index contributed by atoms with van der Waals surface area (Å²) in [4.78, 5) is 54.9. The molecular weight excluding hydrogens is 646 g/mol. The molecule has 3 N–H and O–H groups in total. The minimum absolute atomic E-state index is 0.161. The van der Waals surface area contributed by atoms with Gasteiger partial charge < -0.3 is 44.0 Å². The van der Waals surface area contributed by atoms with Gasteiger partial charge >= 0.3 is 24.1 Å². The fourth-order valence-electron chi connectivity index (χ4n) is 7.24. The summed E-state index contributed by atoms with van der Waals surface area (Å²) in [5.74, 6) is -2.38. The molecule has 1 aliphatic carbocycles. The molecule has 0 unspecified atom stereocenters. The Bertz CT molecular complexity index is 1380. The number of hydrogen-bond donors (Lipinski definition) is 3. The zero-order valence-corrected chi connectivity index (χ0v) is 30.6. The summed E-state index contributed by atoms with van der Waals surface area (Å²) in [5, 5.41) is 5.44. The molecule has 1 aromatic rings. The van der Waals surface area contributed by atoms with Crippen molar-refractivity contribution in [1.82, 2.24) is 15.6 Å². The molecule has 0 radical (unpaired) electrons. The Morgan fingerprint density at radius 1 is 1.02 bits per heavy atom. The summed E-state index contributed by atoms with van der Waals surface area (Å²) >= 11 is 0. The Hall–Kier alpha value is -3.84. The summed E-state index contributed by atoms with van der Waals surface area (Å²) in [6, 6.07) is 3.35. The average molecular weight is 702 g/mol. The quantitative estimate of drug-likeness (QED) is 0.137. The summed E-state index contributed by atoms with van der Waals surface area (Å²) in [7, 11) is 1.47. The van der Waals surface area contributed by atoms with Gasteiger partial charge in [0.1, 0.15) is 36.2 Å². The first-order chi connectivity index (χ1) is 23.8. The molecule has 278 valence electrons. The summed E-state index contributed by atoms with van der Waals surface area (Å²) < 4.78 is 36.4. The fraction of sp³-hybridized carbons (Fsp3) is 0.676. The van der Waals surface area contributed by atoms with Gasteiger partial charge in [-0.3, -0.25) is 0 Å². The van der Waals surface area contributed by atoms with Crippen molar-refractivity contribution in [2.45, 2.75) is 116 Å². The van der Waals surface area contributed by atoms with Crippen LogP contribution in [0.5, 0.6) is 0 Å². The maximum atomic E-state index is 13.6. The largest absolute Gasteiger partial charge is 0.456 e. The number of amides is 2. The van der Waals surface area contributed by atoms with E-state index in [9.17, 15) is 19.2 Å². The molecule has 3 aliphatic rings. The zero-order chi connectivity index (χ0) is 36.6.